The highest BCUT2D eigenvalue weighted by Crippen LogP contribution is 2.55. The molecule has 0 spiro atoms. The number of anilines is 4. The highest BCUT2D eigenvalue weighted by molar-refractivity contribution is 7.53. The first-order chi connectivity index (χ1) is 35.0. The second kappa shape index (κ2) is 20.2. The van der Waals surface area contributed by atoms with Crippen molar-refractivity contribution in [1.29, 1.82) is 0 Å². The number of nitrogens with one attached hydrogen (secondary N) is 2. The number of rotatable bonds is 9. The summed E-state index contributed by atoms with van der Waals surface area (Å²) in [5.41, 5.74) is 1.52. The molecule has 380 valence electrons. The van der Waals surface area contributed by atoms with Gasteiger partial charge in [-0.05, 0) is 49.2 Å². The smallest absolute Gasteiger partial charge is 0.388 e. The van der Waals surface area contributed by atoms with E-state index in [-0.39, 0.29) is 52.8 Å². The van der Waals surface area contributed by atoms with Gasteiger partial charge < -0.3 is 38.9 Å². The molecule has 5 N–H and O–H groups in total. The molecule has 4 aromatic heterocycles. The predicted molar refractivity (Wildman–Crippen MR) is 261 cm³/mol. The van der Waals surface area contributed by atoms with Gasteiger partial charge in [0, 0.05) is 17.4 Å². The highest BCUT2D eigenvalue weighted by atomic mass is 31.2. The molecule has 3 saturated heterocycles. The van der Waals surface area contributed by atoms with Gasteiger partial charge in [0.25, 0.3) is 11.8 Å². The van der Waals surface area contributed by atoms with Gasteiger partial charge in [0.15, 0.2) is 40.6 Å². The summed E-state index contributed by atoms with van der Waals surface area (Å²) in [6, 6.07) is 25.9. The fourth-order valence-electron chi connectivity index (χ4n) is 8.93. The van der Waals surface area contributed by atoms with Gasteiger partial charge >= 0.3 is 21.3 Å². The third-order valence-corrected chi connectivity index (χ3v) is 15.5. The summed E-state index contributed by atoms with van der Waals surface area (Å²) >= 11 is 0. The van der Waals surface area contributed by atoms with Crippen LogP contribution in [0.15, 0.2) is 110 Å². The topological polar surface area (TPSA) is 307 Å². The van der Waals surface area contributed by atoms with Crippen LogP contribution in [0.2, 0.25) is 0 Å². The Balaban J connectivity index is 0.940. The number of fused-ring (bicyclic) bond motifs is 5. The lowest BCUT2D eigenvalue weighted by molar-refractivity contribution is -0.118. The molecule has 0 aliphatic carbocycles. The quantitative estimate of drug-likeness (QED) is 0.0954. The Morgan fingerprint density at radius 3 is 1.95 bits per heavy atom. The average molecular weight is 1040 g/mol. The maximum Gasteiger partial charge on any atom is 0.425 e. The number of hydrogen-bond acceptors (Lipinski definition) is 17. The zero-order chi connectivity index (χ0) is 51.2. The molecule has 26 heteroatoms. The number of imidazole rings is 2. The molecule has 10 atom stereocenters. The van der Waals surface area contributed by atoms with Crippen molar-refractivity contribution >= 4 is 78.6 Å². The van der Waals surface area contributed by atoms with Crippen molar-refractivity contribution in [2.45, 2.75) is 76.6 Å². The summed E-state index contributed by atoms with van der Waals surface area (Å²) in [7, 11) is -9.24. The number of aromatic nitrogens is 8. The number of para-hydroxylation sites is 2. The van der Waals surface area contributed by atoms with Crippen LogP contribution in [0.4, 0.5) is 27.9 Å². The molecule has 10 unspecified atom stereocenters. The van der Waals surface area contributed by atoms with E-state index in [1.165, 1.54) is 33.0 Å². The zero-order valence-corrected chi connectivity index (χ0v) is 41.0. The van der Waals surface area contributed by atoms with E-state index in [4.69, 9.17) is 23.3 Å². The minimum atomic E-state index is -4.65. The van der Waals surface area contributed by atoms with Crippen LogP contribution in [0.1, 0.15) is 56.4 Å². The first-order valence-corrected chi connectivity index (χ1v) is 26.8. The Morgan fingerprint density at radius 2 is 1.30 bits per heavy atom. The number of ether oxygens (including phenoxy) is 3. The standard InChI is InChI=1S/C47H49N11O13P2/c1-26(2)41(60)54-46-53-40-34(43(55-46)69-47(62)58(29-15-9-5-10-16-29)30-17-11-6-12-18-30)51-25-57(40)45-36-27(3)31(67-45)19-21-73(65,66)71-37-32(20-22-72(63,64)70-36)68-44(35(37)59)56-24-50-33-38(48-23-49-39(33)56)52-42(61)28-13-7-4-8-14-28/h4-18,23-27,31-32,35-37,44-45,59H,19-22H2,1-3H3,(H,63,64)(H,65,66)(H,48,49,52,61)(H,53,54,55,60). The summed E-state index contributed by atoms with van der Waals surface area (Å²) in [4.78, 5) is 91.0. The fourth-order valence-corrected chi connectivity index (χ4v) is 11.6. The molecule has 73 heavy (non-hydrogen) atoms. The molecule has 3 aromatic carbocycles. The number of aliphatic hydroxyl groups excluding tert-OH is 1. The molecule has 0 saturated carbocycles. The number of carbonyl (C=O) groups excluding carboxylic acids is 3. The SMILES string of the molecule is CC(C)C(=O)Nc1nc(OC(=O)N(c2ccccc2)c2ccccc2)c2ncn(C3OC4CCP(=O)(O)OC5C(CCP(=O)(O)OC3C4C)OC(n3cnc4c(NC(=O)c6ccccc6)ncnc43)C5O)c2n1. The fraction of sp³-hybridized carbons (Fsp3) is 0.340. The van der Waals surface area contributed by atoms with E-state index < -0.39 is 100 Å². The number of benzene rings is 3. The second-order valence-electron chi connectivity index (χ2n) is 18.0. The van der Waals surface area contributed by atoms with Crippen molar-refractivity contribution in [3.63, 3.8) is 0 Å². The highest BCUT2D eigenvalue weighted by Gasteiger charge is 2.52. The average Bonchev–Trinajstić information content (AvgIpc) is 4.15. The van der Waals surface area contributed by atoms with Crippen LogP contribution in [-0.2, 0) is 32.4 Å². The molecule has 24 nitrogen and oxygen atoms in total. The van der Waals surface area contributed by atoms with Crippen LogP contribution in [0, 0.1) is 11.8 Å². The van der Waals surface area contributed by atoms with Crippen molar-refractivity contribution in [2.24, 2.45) is 11.8 Å². The first kappa shape index (κ1) is 49.7. The summed E-state index contributed by atoms with van der Waals surface area (Å²) in [5, 5.41) is 17.1. The van der Waals surface area contributed by atoms with Crippen molar-refractivity contribution in [2.75, 3.05) is 27.9 Å². The Morgan fingerprint density at radius 1 is 0.726 bits per heavy atom. The molecule has 2 bridgehead atoms. The van der Waals surface area contributed by atoms with Crippen molar-refractivity contribution in [3.8, 4) is 5.88 Å². The number of nitrogens with zero attached hydrogens (tertiary/aromatic N) is 9. The number of carbonyl (C=O) groups is 3. The van der Waals surface area contributed by atoms with Crippen molar-refractivity contribution < 1.29 is 61.7 Å². The number of hydrogen-bond donors (Lipinski definition) is 5. The van der Waals surface area contributed by atoms with Gasteiger partial charge in [-0.2, -0.15) is 9.97 Å². The molecular weight excluding hydrogens is 989 g/mol. The lowest BCUT2D eigenvalue weighted by Crippen LogP contribution is -2.34. The van der Waals surface area contributed by atoms with E-state index in [2.05, 4.69) is 40.5 Å². The number of aliphatic hydroxyl groups is 1. The normalized spacial score (nSPS) is 27.4. The summed E-state index contributed by atoms with van der Waals surface area (Å²) in [5.74, 6) is -2.66. The van der Waals surface area contributed by atoms with Crippen LogP contribution in [0.3, 0.4) is 0 Å². The molecule has 3 aliphatic heterocycles. The molecule has 10 rings (SSSR count). The minimum absolute atomic E-state index is 0.0236. The molecule has 3 amide bonds. The summed E-state index contributed by atoms with van der Waals surface area (Å²) in [6.45, 7) is 5.02. The Labute approximate surface area is 415 Å². The van der Waals surface area contributed by atoms with E-state index in [1.807, 2.05) is 0 Å². The van der Waals surface area contributed by atoms with E-state index in [9.17, 15) is 38.4 Å². The maximum atomic E-state index is 14.3. The molecule has 3 aliphatic rings. The van der Waals surface area contributed by atoms with E-state index in [0.29, 0.717) is 16.9 Å². The monoisotopic (exact) mass is 1040 g/mol. The van der Waals surface area contributed by atoms with Crippen LogP contribution >= 0.6 is 15.2 Å². The third kappa shape index (κ3) is 10.3. The molecule has 7 heterocycles. The molecule has 0 radical (unpaired) electrons. The van der Waals surface area contributed by atoms with Crippen LogP contribution in [0.5, 0.6) is 5.88 Å². The van der Waals surface area contributed by atoms with E-state index >= 15 is 0 Å². The van der Waals surface area contributed by atoms with Crippen molar-refractivity contribution in [3.05, 3.63) is 116 Å². The van der Waals surface area contributed by atoms with Gasteiger partial charge in [-0.15, -0.1) is 0 Å². The van der Waals surface area contributed by atoms with Crippen LogP contribution < -0.4 is 20.3 Å². The zero-order valence-electron chi connectivity index (χ0n) is 39.3. The van der Waals surface area contributed by atoms with Gasteiger partial charge in [-0.25, -0.2) is 29.6 Å². The van der Waals surface area contributed by atoms with Crippen molar-refractivity contribution in [1.82, 2.24) is 39.0 Å². The van der Waals surface area contributed by atoms with Gasteiger partial charge in [-0.3, -0.25) is 37.7 Å². The molecule has 3 fully saturated rings. The lowest BCUT2D eigenvalue weighted by Gasteiger charge is -2.26. The van der Waals surface area contributed by atoms with E-state index in [1.54, 1.807) is 112 Å². The Hall–Kier alpha value is -6.85. The molecule has 7 aromatic rings. The lowest BCUT2D eigenvalue weighted by atomic mass is 9.99. The third-order valence-electron chi connectivity index (χ3n) is 12.7. The summed E-state index contributed by atoms with van der Waals surface area (Å²) in [6.07, 6.45) is -7.70. The van der Waals surface area contributed by atoms with Gasteiger partial charge in [-0.1, -0.05) is 75.4 Å². The predicted octanol–water partition coefficient (Wildman–Crippen LogP) is 6.58. The van der Waals surface area contributed by atoms with Gasteiger partial charge in [0.05, 0.1) is 48.6 Å². The minimum Gasteiger partial charge on any atom is -0.388 e. The number of amides is 3. The van der Waals surface area contributed by atoms with Crippen LogP contribution in [-0.4, -0.2) is 115 Å². The second-order valence-corrected chi connectivity index (χ2v) is 21.8. The van der Waals surface area contributed by atoms with Gasteiger partial charge in [0.1, 0.15) is 24.6 Å². The van der Waals surface area contributed by atoms with E-state index in [0.717, 1.165) is 0 Å². The maximum absolute atomic E-state index is 14.3. The largest absolute Gasteiger partial charge is 0.425 e. The van der Waals surface area contributed by atoms with Crippen LogP contribution in [0.25, 0.3) is 22.3 Å². The first-order valence-electron chi connectivity index (χ1n) is 23.2. The molecular formula is C47H49N11O13P2. The van der Waals surface area contributed by atoms with Gasteiger partial charge in [0.2, 0.25) is 11.9 Å². The summed E-state index contributed by atoms with van der Waals surface area (Å²) < 4.78 is 61.8. The Bertz CT molecular complexity index is 3240. The Kier molecular flexibility index (Phi) is 13.8.